The standard InChI is InChI=1S/C36H34F2N8O7S2/c37-24-6-5-22(14-25(24)38)40-27(47)16-44-10-7-19(8-11-44)15-45-12-9-20(32(45)49)13-21-17-54-34-29(33(50)46(34)30(21)35(51)52)42-31(48)28(26-18-55-36(39)41-26)43-53-23-3-1-2-4-23/h5-8,10-11,13-14,18,23,29,34H,1-4,9,12,15-17H2,(H4-,39,40,41,42,47,48,51,52)/t29-,34-/m1/s1. The van der Waals surface area contributed by atoms with Gasteiger partial charge in [0.05, 0.1) is 11.7 Å². The van der Waals surface area contributed by atoms with Crippen molar-refractivity contribution < 1.29 is 47.3 Å². The number of β-lactam (4-membered cyclic amide) rings is 1. The lowest BCUT2D eigenvalue weighted by Gasteiger charge is -2.50. The van der Waals surface area contributed by atoms with E-state index in [9.17, 15) is 37.9 Å². The molecule has 0 unspecified atom stereocenters. The van der Waals surface area contributed by atoms with E-state index in [1.165, 1.54) is 23.9 Å². The van der Waals surface area contributed by atoms with Crippen LogP contribution in [0.5, 0.6) is 0 Å². The number of rotatable bonds is 12. The number of thioether (sulfide) groups is 1. The lowest BCUT2D eigenvalue weighted by molar-refractivity contribution is -0.684. The number of aromatic nitrogens is 2. The van der Waals surface area contributed by atoms with Crippen LogP contribution >= 0.6 is 23.1 Å². The van der Waals surface area contributed by atoms with Crippen molar-refractivity contribution in [2.75, 3.05) is 23.3 Å². The number of hydrogen-bond acceptors (Lipinski definition) is 12. The fraction of sp³-hybridized carbons (Fsp3) is 0.333. The molecule has 5 heterocycles. The molecular formula is C36H34F2N8O7S2. The molecule has 0 bridgehead atoms. The molecule has 1 saturated carbocycles. The molecule has 4 aliphatic rings. The van der Waals surface area contributed by atoms with E-state index in [0.29, 0.717) is 18.5 Å². The molecule has 2 aromatic heterocycles. The minimum atomic E-state index is -1.58. The zero-order valence-corrected chi connectivity index (χ0v) is 30.7. The minimum Gasteiger partial charge on any atom is -0.543 e. The van der Waals surface area contributed by atoms with Gasteiger partial charge in [-0.3, -0.25) is 24.1 Å². The molecule has 3 aliphatic heterocycles. The molecule has 286 valence electrons. The summed E-state index contributed by atoms with van der Waals surface area (Å²) in [4.78, 5) is 77.5. The van der Waals surface area contributed by atoms with Crippen molar-refractivity contribution in [2.45, 2.75) is 62.7 Å². The lowest BCUT2D eigenvalue weighted by Crippen LogP contribution is -2.71. The number of likely N-dealkylation sites (tertiary alicyclic amines) is 1. The monoisotopic (exact) mass is 792 g/mol. The molecule has 1 aliphatic carbocycles. The van der Waals surface area contributed by atoms with E-state index in [1.807, 2.05) is 0 Å². The Kier molecular flexibility index (Phi) is 10.9. The predicted octanol–water partition coefficient (Wildman–Crippen LogP) is 1.36. The number of amides is 4. The quantitative estimate of drug-likeness (QED) is 0.0790. The van der Waals surface area contributed by atoms with Gasteiger partial charge < -0.3 is 36.0 Å². The number of carbonyl (C=O) groups is 5. The third-order valence-electron chi connectivity index (χ3n) is 9.48. The molecule has 3 aromatic rings. The smallest absolute Gasteiger partial charge is 0.290 e. The number of nitrogens with zero attached hydrogens (tertiary/aromatic N) is 5. The van der Waals surface area contributed by atoms with Crippen LogP contribution in [0.3, 0.4) is 0 Å². The predicted molar refractivity (Wildman–Crippen MR) is 193 cm³/mol. The van der Waals surface area contributed by atoms with Gasteiger partial charge in [0.25, 0.3) is 17.7 Å². The van der Waals surface area contributed by atoms with Crippen LogP contribution in [0.2, 0.25) is 0 Å². The first-order valence-electron chi connectivity index (χ1n) is 17.3. The molecular weight excluding hydrogens is 759 g/mol. The number of oxime groups is 1. The van der Waals surface area contributed by atoms with Gasteiger partial charge in [-0.1, -0.05) is 5.16 Å². The Bertz CT molecular complexity index is 2150. The number of carboxylic acids is 1. The number of nitrogens with two attached hydrogens (primary N) is 1. The second kappa shape index (κ2) is 16.0. The normalized spacial score (nSPS) is 20.8. The Balaban J connectivity index is 0.977. The molecule has 1 aromatic carbocycles. The maximum atomic E-state index is 13.5. The van der Waals surface area contributed by atoms with Gasteiger partial charge in [-0.25, -0.2) is 13.8 Å². The highest BCUT2D eigenvalue weighted by Crippen LogP contribution is 2.41. The number of thiazole rings is 1. The molecule has 15 nitrogen and oxygen atoms in total. The number of hydrogen-bond donors (Lipinski definition) is 3. The second-order valence-corrected chi connectivity index (χ2v) is 15.2. The van der Waals surface area contributed by atoms with E-state index >= 15 is 0 Å². The third kappa shape index (κ3) is 8.21. The summed E-state index contributed by atoms with van der Waals surface area (Å²) >= 11 is 2.36. The van der Waals surface area contributed by atoms with Gasteiger partial charge in [0.15, 0.2) is 34.9 Å². The van der Waals surface area contributed by atoms with Crippen LogP contribution in [-0.4, -0.2) is 79.9 Å². The molecule has 0 radical (unpaired) electrons. The summed E-state index contributed by atoms with van der Waals surface area (Å²) in [5, 5.41) is 22.7. The molecule has 7 rings (SSSR count). The molecule has 2 saturated heterocycles. The topological polar surface area (TPSA) is 203 Å². The van der Waals surface area contributed by atoms with Crippen molar-refractivity contribution >= 4 is 69.2 Å². The van der Waals surface area contributed by atoms with Crippen LogP contribution in [-0.2, 0) is 41.9 Å². The average Bonchev–Trinajstić information content (AvgIpc) is 3.92. The summed E-state index contributed by atoms with van der Waals surface area (Å²) in [6, 6.07) is 5.48. The molecule has 0 spiro atoms. The van der Waals surface area contributed by atoms with Gasteiger partial charge in [-0.05, 0) is 61.4 Å². The first kappa shape index (κ1) is 37.6. The van der Waals surface area contributed by atoms with Crippen molar-refractivity contribution in [1.82, 2.24) is 20.1 Å². The van der Waals surface area contributed by atoms with E-state index in [-0.39, 0.29) is 64.3 Å². The van der Waals surface area contributed by atoms with Crippen LogP contribution in [0.1, 0.15) is 43.4 Å². The number of nitrogen functional groups attached to an aromatic ring is 1. The number of anilines is 2. The second-order valence-electron chi connectivity index (χ2n) is 13.2. The first-order chi connectivity index (χ1) is 26.4. The van der Waals surface area contributed by atoms with Gasteiger partial charge in [-0.2, -0.15) is 4.57 Å². The Hall–Kier alpha value is -5.69. The minimum absolute atomic E-state index is 0.0943. The van der Waals surface area contributed by atoms with Crippen molar-refractivity contribution in [3.05, 3.63) is 93.9 Å². The summed E-state index contributed by atoms with van der Waals surface area (Å²) in [6.45, 7) is 0.524. The highest BCUT2D eigenvalue weighted by Gasteiger charge is 2.53. The van der Waals surface area contributed by atoms with Gasteiger partial charge in [0.2, 0.25) is 12.5 Å². The van der Waals surface area contributed by atoms with Crippen molar-refractivity contribution in [2.24, 2.45) is 5.16 Å². The number of carboxylic acid groups (broad SMARTS) is 1. The molecule has 4 N–H and O–H groups in total. The van der Waals surface area contributed by atoms with Crippen LogP contribution in [0.25, 0.3) is 0 Å². The largest absolute Gasteiger partial charge is 0.543 e. The summed E-state index contributed by atoms with van der Waals surface area (Å²) in [6.07, 6.45) is 8.58. The first-order valence-corrected chi connectivity index (χ1v) is 19.3. The van der Waals surface area contributed by atoms with Gasteiger partial charge >= 0.3 is 0 Å². The van der Waals surface area contributed by atoms with Gasteiger partial charge in [-0.15, -0.1) is 23.1 Å². The van der Waals surface area contributed by atoms with Crippen molar-refractivity contribution in [3.8, 4) is 0 Å². The maximum Gasteiger partial charge on any atom is 0.290 e. The van der Waals surface area contributed by atoms with Gasteiger partial charge in [0, 0.05) is 53.7 Å². The molecule has 4 amide bonds. The number of nitrogens with one attached hydrogen (secondary N) is 2. The van der Waals surface area contributed by atoms with E-state index in [2.05, 4.69) is 20.8 Å². The average molecular weight is 793 g/mol. The Labute approximate surface area is 320 Å². The Morgan fingerprint density at radius 2 is 1.89 bits per heavy atom. The zero-order chi connectivity index (χ0) is 38.8. The number of fused-ring (bicyclic) bond motifs is 1. The van der Waals surface area contributed by atoms with Crippen LogP contribution < -0.4 is 26.0 Å². The summed E-state index contributed by atoms with van der Waals surface area (Å²) in [7, 11) is 0. The Morgan fingerprint density at radius 1 is 1.13 bits per heavy atom. The highest BCUT2D eigenvalue weighted by atomic mass is 32.2. The number of allylic oxidation sites excluding steroid dienone is 1. The van der Waals surface area contributed by atoms with Crippen LogP contribution in [0.15, 0.2) is 76.2 Å². The highest BCUT2D eigenvalue weighted by molar-refractivity contribution is 8.00. The lowest BCUT2D eigenvalue weighted by atomic mass is 10.0. The Morgan fingerprint density at radius 3 is 2.58 bits per heavy atom. The van der Waals surface area contributed by atoms with E-state index in [4.69, 9.17) is 10.6 Å². The summed E-state index contributed by atoms with van der Waals surface area (Å²) in [5.41, 5.74) is 6.99. The molecule has 2 atom stereocenters. The zero-order valence-electron chi connectivity index (χ0n) is 29.0. The fourth-order valence-corrected chi connectivity index (χ4v) is 8.55. The number of pyridine rings is 1. The van der Waals surface area contributed by atoms with Gasteiger partial charge in [0.1, 0.15) is 23.2 Å². The molecule has 19 heteroatoms. The van der Waals surface area contributed by atoms with Crippen LogP contribution in [0, 0.1) is 11.6 Å². The summed E-state index contributed by atoms with van der Waals surface area (Å²) < 4.78 is 28.2. The van der Waals surface area contributed by atoms with E-state index in [1.54, 1.807) is 39.4 Å². The van der Waals surface area contributed by atoms with Crippen molar-refractivity contribution in [1.29, 1.82) is 0 Å². The number of carbonyl (C=O) groups excluding carboxylic acids is 5. The molecule has 3 fully saturated rings. The SMILES string of the molecule is Nc1nc(C(=NOC2CCCC2)C(=O)N[C@@H]2C(=O)N3C(C(=O)[O-])=C(C=C4CCN(Cc5cc[n+](CC(=O)Nc6ccc(F)c(F)c6)cc5)C4=O)CS[C@H]23)cs1. The summed E-state index contributed by atoms with van der Waals surface area (Å²) in [5.74, 6) is -5.66. The fourth-order valence-electron chi connectivity index (χ4n) is 6.70. The van der Waals surface area contributed by atoms with Crippen LogP contribution in [0.4, 0.5) is 19.6 Å². The van der Waals surface area contributed by atoms with E-state index < -0.39 is 46.7 Å². The van der Waals surface area contributed by atoms with Crippen molar-refractivity contribution in [3.63, 3.8) is 0 Å². The number of aliphatic carboxylic acids is 1. The number of halogens is 2. The van der Waals surface area contributed by atoms with E-state index in [0.717, 1.165) is 59.6 Å². The molecule has 55 heavy (non-hydrogen) atoms. The maximum absolute atomic E-state index is 13.5. The third-order valence-corrected chi connectivity index (χ3v) is 11.5. The number of benzene rings is 1.